The van der Waals surface area contributed by atoms with Gasteiger partial charge < -0.3 is 23.4 Å². The van der Waals surface area contributed by atoms with Crippen LogP contribution in [0.3, 0.4) is 0 Å². The third-order valence-corrected chi connectivity index (χ3v) is 4.67. The quantitative estimate of drug-likeness (QED) is 0.273. The smallest absolute Gasteiger partial charge is 0.408 e. The molecular formula is C24H26FNO10. The number of rotatable bonds is 11. The van der Waals surface area contributed by atoms with E-state index in [0.717, 1.165) is 0 Å². The van der Waals surface area contributed by atoms with Gasteiger partial charge in [-0.2, -0.15) is 0 Å². The van der Waals surface area contributed by atoms with Gasteiger partial charge in [0.2, 0.25) is 5.54 Å². The summed E-state index contributed by atoms with van der Waals surface area (Å²) in [5.41, 5.74) is -3.84. The second-order valence-electron chi connectivity index (χ2n) is 7.16. The summed E-state index contributed by atoms with van der Waals surface area (Å²) in [6, 6.07) is 9.15. The summed E-state index contributed by atoms with van der Waals surface area (Å²) in [4.78, 5) is 62.7. The highest BCUT2D eigenvalue weighted by atomic mass is 19.1. The first kappa shape index (κ1) is 28.0. The lowest BCUT2D eigenvalue weighted by Gasteiger charge is -2.29. The van der Waals surface area contributed by atoms with Crippen molar-refractivity contribution in [3.63, 3.8) is 0 Å². The number of carbonyl (C=O) groups excluding carboxylic acids is 4. The predicted octanol–water partition coefficient (Wildman–Crippen LogP) is 2.29. The van der Waals surface area contributed by atoms with Gasteiger partial charge >= 0.3 is 29.6 Å². The largest absolute Gasteiger partial charge is 0.464 e. The molecule has 0 atom stereocenters. The van der Waals surface area contributed by atoms with Crippen LogP contribution in [0.25, 0.3) is 0 Å². The van der Waals surface area contributed by atoms with Gasteiger partial charge in [0.05, 0.1) is 19.8 Å². The Hall–Kier alpha value is -4.22. The van der Waals surface area contributed by atoms with E-state index in [-0.39, 0.29) is 26.4 Å². The lowest BCUT2D eigenvalue weighted by Crippen LogP contribution is -2.63. The van der Waals surface area contributed by atoms with Crippen molar-refractivity contribution < 1.29 is 46.9 Å². The monoisotopic (exact) mass is 507 g/mol. The van der Waals surface area contributed by atoms with Crippen molar-refractivity contribution in [1.82, 2.24) is 5.32 Å². The highest BCUT2D eigenvalue weighted by Crippen LogP contribution is 2.22. The first-order valence-corrected chi connectivity index (χ1v) is 11.0. The number of nitrogens with one attached hydrogen (secondary N) is 1. The van der Waals surface area contributed by atoms with Crippen molar-refractivity contribution in [2.24, 2.45) is 0 Å². The van der Waals surface area contributed by atoms with Crippen LogP contribution in [-0.2, 0) is 41.6 Å². The van der Waals surface area contributed by atoms with Crippen molar-refractivity contribution in [3.05, 3.63) is 69.5 Å². The summed E-state index contributed by atoms with van der Waals surface area (Å²) in [5, 5.41) is 2.11. The van der Waals surface area contributed by atoms with Gasteiger partial charge in [0.1, 0.15) is 6.61 Å². The van der Waals surface area contributed by atoms with E-state index in [1.807, 2.05) is 0 Å². The third kappa shape index (κ3) is 6.90. The van der Waals surface area contributed by atoms with Crippen LogP contribution in [0.4, 0.5) is 9.18 Å². The molecule has 1 amide bonds. The number of halogens is 1. The molecule has 0 unspecified atom stereocenters. The van der Waals surface area contributed by atoms with E-state index >= 15 is 4.39 Å². The normalized spacial score (nSPS) is 10.8. The molecule has 0 bridgehead atoms. The molecule has 0 radical (unpaired) electrons. The number of benzene rings is 1. The van der Waals surface area contributed by atoms with Gasteiger partial charge in [0, 0.05) is 18.1 Å². The number of ether oxygens (including phenoxy) is 4. The van der Waals surface area contributed by atoms with Gasteiger partial charge in [0.15, 0.2) is 5.82 Å². The van der Waals surface area contributed by atoms with E-state index in [4.69, 9.17) is 14.2 Å². The number of hydrogen-bond donors (Lipinski definition) is 1. The average Bonchev–Trinajstić information content (AvgIpc) is 2.85. The van der Waals surface area contributed by atoms with Crippen molar-refractivity contribution >= 4 is 24.0 Å². The van der Waals surface area contributed by atoms with Crippen LogP contribution in [0.5, 0.6) is 0 Å². The van der Waals surface area contributed by atoms with Gasteiger partial charge in [-0.05, 0) is 26.3 Å². The number of amides is 1. The molecule has 1 aromatic carbocycles. The zero-order valence-electron chi connectivity index (χ0n) is 20.0. The Morgan fingerprint density at radius 2 is 1.50 bits per heavy atom. The van der Waals surface area contributed by atoms with E-state index in [0.29, 0.717) is 11.6 Å². The molecule has 0 aliphatic rings. The van der Waals surface area contributed by atoms with Crippen molar-refractivity contribution in [1.29, 1.82) is 0 Å². The van der Waals surface area contributed by atoms with E-state index in [1.54, 1.807) is 30.3 Å². The lowest BCUT2D eigenvalue weighted by atomic mass is 9.90. The van der Waals surface area contributed by atoms with E-state index in [9.17, 15) is 24.0 Å². The highest BCUT2D eigenvalue weighted by molar-refractivity contribution is 6.07. The Balaban J connectivity index is 2.51. The van der Waals surface area contributed by atoms with Crippen molar-refractivity contribution in [2.45, 2.75) is 39.3 Å². The first-order valence-electron chi connectivity index (χ1n) is 11.0. The first-order chi connectivity index (χ1) is 17.2. The Bertz CT molecular complexity index is 1130. The van der Waals surface area contributed by atoms with Gasteiger partial charge in [-0.15, -0.1) is 0 Å². The number of hydrogen-bond acceptors (Lipinski definition) is 10. The van der Waals surface area contributed by atoms with Crippen LogP contribution >= 0.6 is 0 Å². The molecule has 0 aliphatic carbocycles. The summed E-state index contributed by atoms with van der Waals surface area (Å²) in [6.45, 7) is 3.55. The molecule has 0 saturated carbocycles. The highest BCUT2D eigenvalue weighted by Gasteiger charge is 2.52. The molecule has 36 heavy (non-hydrogen) atoms. The summed E-state index contributed by atoms with van der Waals surface area (Å²) in [6.07, 6.45) is -2.19. The maximum Gasteiger partial charge on any atom is 0.408 e. The van der Waals surface area contributed by atoms with Gasteiger partial charge in [-0.3, -0.25) is 5.32 Å². The molecule has 1 heterocycles. The minimum Gasteiger partial charge on any atom is -0.464 e. The molecule has 1 aromatic heterocycles. The predicted molar refractivity (Wildman–Crippen MR) is 120 cm³/mol. The van der Waals surface area contributed by atoms with Gasteiger partial charge in [-0.1, -0.05) is 30.3 Å². The minimum atomic E-state index is -2.67. The zero-order valence-corrected chi connectivity index (χ0v) is 20.0. The summed E-state index contributed by atoms with van der Waals surface area (Å²) in [7, 11) is 0. The molecule has 2 rings (SSSR count). The van der Waals surface area contributed by atoms with E-state index < -0.39 is 58.7 Å². The van der Waals surface area contributed by atoms with Crippen LogP contribution in [0, 0.1) is 5.82 Å². The maximum atomic E-state index is 15.2. The fourth-order valence-corrected chi connectivity index (χ4v) is 3.08. The van der Waals surface area contributed by atoms with Crippen LogP contribution < -0.4 is 10.9 Å². The zero-order chi connectivity index (χ0) is 26.7. The topological polar surface area (TPSA) is 147 Å². The molecule has 11 nitrogen and oxygen atoms in total. The summed E-state index contributed by atoms with van der Waals surface area (Å²) in [5.74, 6) is -6.31. The molecular weight excluding hydrogens is 481 g/mol. The maximum absolute atomic E-state index is 15.2. The van der Waals surface area contributed by atoms with Crippen LogP contribution in [-0.4, -0.2) is 49.4 Å². The summed E-state index contributed by atoms with van der Waals surface area (Å²) >= 11 is 0. The van der Waals surface area contributed by atoms with Crippen molar-refractivity contribution in [2.75, 3.05) is 19.8 Å². The fraction of sp³-hybridized carbons (Fsp3) is 0.375. The third-order valence-electron chi connectivity index (χ3n) is 4.67. The molecule has 0 saturated heterocycles. The second-order valence-corrected chi connectivity index (χ2v) is 7.16. The fourth-order valence-electron chi connectivity index (χ4n) is 3.08. The lowest BCUT2D eigenvalue weighted by molar-refractivity contribution is -0.166. The Morgan fingerprint density at radius 3 is 2.06 bits per heavy atom. The van der Waals surface area contributed by atoms with Crippen LogP contribution in [0.1, 0.15) is 42.5 Å². The molecule has 0 aliphatic heterocycles. The number of alkyl carbamates (subject to hydrolysis) is 1. The Morgan fingerprint density at radius 1 is 0.917 bits per heavy atom. The number of esters is 3. The molecule has 1 N–H and O–H groups in total. The number of carbonyl (C=O) groups is 4. The van der Waals surface area contributed by atoms with E-state index in [2.05, 4.69) is 14.5 Å². The summed E-state index contributed by atoms with van der Waals surface area (Å²) < 4.78 is 39.5. The SMILES string of the molecule is CCOC(=O)c1oc(=O)cc(CC(NC(=O)OCc2ccccc2)(C(=O)OCC)C(=O)OCC)c1F. The van der Waals surface area contributed by atoms with Crippen LogP contribution in [0.2, 0.25) is 0 Å². The van der Waals surface area contributed by atoms with E-state index in [1.165, 1.54) is 20.8 Å². The van der Waals surface area contributed by atoms with Crippen molar-refractivity contribution in [3.8, 4) is 0 Å². The standard InChI is InChI=1S/C24H26FNO10/c1-4-32-20(28)19-18(25)16(12-17(27)36-19)13-24(21(29)33-5-2,22(30)34-6-3)26-23(31)35-14-15-10-8-7-9-11-15/h7-12H,4-6,13-14H2,1-3H3,(H,26,31). The molecule has 2 aromatic rings. The average molecular weight is 507 g/mol. The van der Waals surface area contributed by atoms with Gasteiger partial charge in [-0.25, -0.2) is 28.4 Å². The molecule has 0 spiro atoms. The molecule has 0 fully saturated rings. The molecule has 12 heteroatoms. The van der Waals surface area contributed by atoms with Gasteiger partial charge in [0.25, 0.3) is 5.76 Å². The molecule has 194 valence electrons. The second kappa shape index (κ2) is 13.0. The Labute approximate surface area is 205 Å². The minimum absolute atomic E-state index is 0.142. The van der Waals surface area contributed by atoms with Crippen LogP contribution in [0.15, 0.2) is 45.6 Å². The Kier molecular flexibility index (Phi) is 10.1.